The summed E-state index contributed by atoms with van der Waals surface area (Å²) < 4.78 is 28.8. The van der Waals surface area contributed by atoms with Gasteiger partial charge in [-0.3, -0.25) is 9.59 Å². The van der Waals surface area contributed by atoms with Crippen LogP contribution in [0.4, 0.5) is 5.69 Å². The lowest BCUT2D eigenvalue weighted by molar-refractivity contribution is -0.123. The average Bonchev–Trinajstić information content (AvgIpc) is 3.16. The number of fused-ring (bicyclic) bond motifs is 1. The fourth-order valence-electron chi connectivity index (χ4n) is 4.13. The van der Waals surface area contributed by atoms with E-state index in [2.05, 4.69) is 16.1 Å². The number of anilines is 1. The van der Waals surface area contributed by atoms with E-state index in [0.717, 1.165) is 22.4 Å². The molecule has 33 heavy (non-hydrogen) atoms. The molecule has 2 aromatic rings. The minimum absolute atomic E-state index is 0.0678. The van der Waals surface area contributed by atoms with Gasteiger partial charge in [0.2, 0.25) is 21.8 Å². The van der Waals surface area contributed by atoms with Gasteiger partial charge in [-0.05, 0) is 61.4 Å². The van der Waals surface area contributed by atoms with Crippen molar-refractivity contribution in [2.75, 3.05) is 18.0 Å². The second kappa shape index (κ2) is 10.5. The fourth-order valence-corrected chi connectivity index (χ4v) is 5.39. The second-order valence-corrected chi connectivity index (χ2v) is 10.8. The SMILES string of the molecule is CC(=O)N1CCc2cc(S(=O)(=O)N[C@H](CC(C)C)C(=O)NCCc3cccc(C)c3)ccc21. The van der Waals surface area contributed by atoms with Crippen molar-refractivity contribution in [3.8, 4) is 0 Å². The van der Waals surface area contributed by atoms with Crippen LogP contribution in [-0.4, -0.2) is 39.4 Å². The van der Waals surface area contributed by atoms with E-state index in [1.807, 2.05) is 39.0 Å². The van der Waals surface area contributed by atoms with Crippen LogP contribution in [0.2, 0.25) is 0 Å². The molecule has 0 unspecified atom stereocenters. The van der Waals surface area contributed by atoms with Crippen molar-refractivity contribution in [1.29, 1.82) is 0 Å². The van der Waals surface area contributed by atoms with E-state index in [4.69, 9.17) is 0 Å². The van der Waals surface area contributed by atoms with Crippen LogP contribution in [0.15, 0.2) is 47.4 Å². The van der Waals surface area contributed by atoms with Gasteiger partial charge in [0.25, 0.3) is 0 Å². The van der Waals surface area contributed by atoms with E-state index in [-0.39, 0.29) is 22.6 Å². The van der Waals surface area contributed by atoms with Crippen molar-refractivity contribution in [1.82, 2.24) is 10.0 Å². The summed E-state index contributed by atoms with van der Waals surface area (Å²) in [5.41, 5.74) is 3.84. The van der Waals surface area contributed by atoms with Crippen LogP contribution in [-0.2, 0) is 32.5 Å². The molecule has 0 bridgehead atoms. The van der Waals surface area contributed by atoms with Gasteiger partial charge in [0.1, 0.15) is 6.04 Å². The third-order valence-electron chi connectivity index (χ3n) is 5.75. The minimum Gasteiger partial charge on any atom is -0.354 e. The molecule has 1 heterocycles. The Morgan fingerprint density at radius 2 is 1.88 bits per heavy atom. The molecule has 0 aromatic heterocycles. The van der Waals surface area contributed by atoms with Crippen LogP contribution in [0.5, 0.6) is 0 Å². The number of carbonyl (C=O) groups excluding carboxylic acids is 2. The molecule has 2 amide bonds. The molecule has 0 saturated carbocycles. The van der Waals surface area contributed by atoms with Crippen molar-refractivity contribution >= 4 is 27.5 Å². The Balaban J connectivity index is 1.69. The zero-order chi connectivity index (χ0) is 24.2. The van der Waals surface area contributed by atoms with E-state index >= 15 is 0 Å². The van der Waals surface area contributed by atoms with E-state index in [1.54, 1.807) is 17.0 Å². The van der Waals surface area contributed by atoms with Crippen LogP contribution in [0, 0.1) is 12.8 Å². The molecular formula is C25H33N3O4S. The van der Waals surface area contributed by atoms with Crippen molar-refractivity contribution in [3.63, 3.8) is 0 Å². The number of carbonyl (C=O) groups is 2. The number of amides is 2. The first-order valence-corrected chi connectivity index (χ1v) is 12.8. The van der Waals surface area contributed by atoms with Gasteiger partial charge in [-0.2, -0.15) is 4.72 Å². The topological polar surface area (TPSA) is 95.6 Å². The van der Waals surface area contributed by atoms with Gasteiger partial charge in [0.15, 0.2) is 0 Å². The van der Waals surface area contributed by atoms with E-state index in [9.17, 15) is 18.0 Å². The molecule has 2 N–H and O–H groups in total. The predicted molar refractivity (Wildman–Crippen MR) is 130 cm³/mol. The summed E-state index contributed by atoms with van der Waals surface area (Å²) in [6.45, 7) is 8.39. The van der Waals surface area contributed by atoms with Crippen molar-refractivity contribution < 1.29 is 18.0 Å². The molecule has 2 aromatic carbocycles. The Bertz CT molecular complexity index is 1130. The number of aryl methyl sites for hydroxylation is 1. The van der Waals surface area contributed by atoms with Crippen LogP contribution in [0.3, 0.4) is 0 Å². The Labute approximate surface area is 196 Å². The van der Waals surface area contributed by atoms with Gasteiger partial charge in [0, 0.05) is 25.7 Å². The minimum atomic E-state index is -3.91. The standard InChI is InChI=1S/C25H33N3O4S/c1-17(2)14-23(25(30)26-12-10-20-7-5-6-18(3)15-20)27-33(31,32)22-8-9-24-21(16-22)11-13-28(24)19(4)29/h5-9,15-17,23,27H,10-14H2,1-4H3,(H,26,30)/t23-/m1/s1. The summed E-state index contributed by atoms with van der Waals surface area (Å²) in [5, 5.41) is 2.88. The van der Waals surface area contributed by atoms with Crippen LogP contribution in [0.25, 0.3) is 0 Å². The molecule has 8 heteroatoms. The Hall–Kier alpha value is -2.71. The molecule has 0 radical (unpaired) electrons. The number of sulfonamides is 1. The zero-order valence-electron chi connectivity index (χ0n) is 19.7. The van der Waals surface area contributed by atoms with E-state index in [0.29, 0.717) is 32.4 Å². The molecule has 3 rings (SSSR count). The van der Waals surface area contributed by atoms with Gasteiger partial charge < -0.3 is 10.2 Å². The smallest absolute Gasteiger partial charge is 0.241 e. The third kappa shape index (κ3) is 6.42. The molecule has 0 fully saturated rings. The second-order valence-electron chi connectivity index (χ2n) is 9.04. The van der Waals surface area contributed by atoms with Crippen LogP contribution >= 0.6 is 0 Å². The maximum absolute atomic E-state index is 13.1. The highest BCUT2D eigenvalue weighted by Crippen LogP contribution is 2.30. The molecule has 1 atom stereocenters. The largest absolute Gasteiger partial charge is 0.354 e. The lowest BCUT2D eigenvalue weighted by Gasteiger charge is -2.21. The van der Waals surface area contributed by atoms with Gasteiger partial charge >= 0.3 is 0 Å². The summed E-state index contributed by atoms with van der Waals surface area (Å²) in [6, 6.07) is 12.0. The van der Waals surface area contributed by atoms with Crippen LogP contribution < -0.4 is 14.9 Å². The monoisotopic (exact) mass is 471 g/mol. The maximum Gasteiger partial charge on any atom is 0.241 e. The van der Waals surface area contributed by atoms with E-state index < -0.39 is 16.1 Å². The van der Waals surface area contributed by atoms with Crippen LogP contribution in [0.1, 0.15) is 43.9 Å². The molecule has 1 aliphatic rings. The Morgan fingerprint density at radius 1 is 1.12 bits per heavy atom. The Morgan fingerprint density at radius 3 is 2.55 bits per heavy atom. The number of hydrogen-bond donors (Lipinski definition) is 2. The van der Waals surface area contributed by atoms with Crippen molar-refractivity contribution in [2.24, 2.45) is 5.92 Å². The summed E-state index contributed by atoms with van der Waals surface area (Å²) in [6.07, 6.45) is 1.66. The molecule has 0 saturated heterocycles. The molecule has 0 spiro atoms. The molecule has 178 valence electrons. The molecule has 0 aliphatic carbocycles. The van der Waals surface area contributed by atoms with Gasteiger partial charge in [0.05, 0.1) is 4.90 Å². The lowest BCUT2D eigenvalue weighted by Crippen LogP contribution is -2.47. The third-order valence-corrected chi connectivity index (χ3v) is 7.22. The molecular weight excluding hydrogens is 438 g/mol. The summed E-state index contributed by atoms with van der Waals surface area (Å²) in [7, 11) is -3.91. The van der Waals surface area contributed by atoms with Gasteiger partial charge in [-0.15, -0.1) is 0 Å². The summed E-state index contributed by atoms with van der Waals surface area (Å²) >= 11 is 0. The molecule has 1 aliphatic heterocycles. The number of nitrogens with zero attached hydrogens (tertiary/aromatic N) is 1. The number of benzene rings is 2. The summed E-state index contributed by atoms with van der Waals surface area (Å²) in [5.74, 6) is -0.268. The zero-order valence-corrected chi connectivity index (χ0v) is 20.5. The quantitative estimate of drug-likeness (QED) is 0.588. The average molecular weight is 472 g/mol. The van der Waals surface area contributed by atoms with Crippen molar-refractivity contribution in [3.05, 3.63) is 59.2 Å². The number of hydrogen-bond acceptors (Lipinski definition) is 4. The number of nitrogens with one attached hydrogen (secondary N) is 2. The first-order valence-electron chi connectivity index (χ1n) is 11.3. The maximum atomic E-state index is 13.1. The first-order chi connectivity index (χ1) is 15.6. The fraction of sp³-hybridized carbons (Fsp3) is 0.440. The van der Waals surface area contributed by atoms with Crippen molar-refractivity contribution in [2.45, 2.75) is 57.9 Å². The highest BCUT2D eigenvalue weighted by atomic mass is 32.2. The van der Waals surface area contributed by atoms with Gasteiger partial charge in [-0.1, -0.05) is 43.7 Å². The van der Waals surface area contributed by atoms with E-state index in [1.165, 1.54) is 13.0 Å². The number of rotatable bonds is 9. The highest BCUT2D eigenvalue weighted by molar-refractivity contribution is 7.89. The normalized spacial score (nSPS) is 14.3. The lowest BCUT2D eigenvalue weighted by atomic mass is 10.0. The first kappa shape index (κ1) is 24.9. The highest BCUT2D eigenvalue weighted by Gasteiger charge is 2.29. The van der Waals surface area contributed by atoms with Gasteiger partial charge in [-0.25, -0.2) is 8.42 Å². The molecule has 7 nitrogen and oxygen atoms in total. The summed E-state index contributed by atoms with van der Waals surface area (Å²) in [4.78, 5) is 26.4. The predicted octanol–water partition coefficient (Wildman–Crippen LogP) is 2.96. The Kier molecular flexibility index (Phi) is 7.92.